The third-order valence-electron chi connectivity index (χ3n) is 2.39. The summed E-state index contributed by atoms with van der Waals surface area (Å²) in [5.74, 6) is 0.0283. The van der Waals surface area contributed by atoms with Crippen molar-refractivity contribution in [2.45, 2.75) is 39.7 Å². The lowest BCUT2D eigenvalue weighted by Crippen LogP contribution is -2.46. The number of aliphatic hydroxyl groups is 1. The molecular formula is C13H26O5Si. The molecule has 0 aliphatic heterocycles. The van der Waals surface area contributed by atoms with Crippen LogP contribution in [0.3, 0.4) is 0 Å². The molecule has 0 rings (SSSR count). The van der Waals surface area contributed by atoms with Gasteiger partial charge in [0.15, 0.2) is 5.78 Å². The molecule has 0 aliphatic carbocycles. The minimum Gasteiger partial charge on any atom is -0.396 e. The highest BCUT2D eigenvalue weighted by Gasteiger charge is 2.39. The molecule has 112 valence electrons. The number of hydrogen-bond donors (Lipinski definition) is 1. The molecular weight excluding hydrogens is 264 g/mol. The van der Waals surface area contributed by atoms with Crippen LogP contribution >= 0.6 is 0 Å². The summed E-state index contributed by atoms with van der Waals surface area (Å²) in [6.45, 7) is 6.94. The number of carbonyl (C=O) groups is 1. The molecule has 0 heterocycles. The zero-order valence-corrected chi connectivity index (χ0v) is 13.2. The molecule has 0 aromatic carbocycles. The fraction of sp³-hybridized carbons (Fsp3) is 0.769. The van der Waals surface area contributed by atoms with Crippen LogP contribution < -0.4 is 0 Å². The molecule has 0 aliphatic rings. The number of allylic oxidation sites excluding steroid dienone is 2. The van der Waals surface area contributed by atoms with Gasteiger partial charge in [-0.25, -0.2) is 0 Å². The molecule has 0 saturated heterocycles. The first kappa shape index (κ1) is 18.5. The van der Waals surface area contributed by atoms with Crippen molar-refractivity contribution >= 4 is 14.6 Å². The number of ketones is 1. The predicted octanol–water partition coefficient (Wildman–Crippen LogP) is 1.93. The third kappa shape index (κ3) is 8.28. The fourth-order valence-electron chi connectivity index (χ4n) is 1.65. The van der Waals surface area contributed by atoms with E-state index in [2.05, 4.69) is 0 Å². The summed E-state index contributed by atoms with van der Waals surface area (Å²) in [6.07, 6.45) is 4.14. The van der Waals surface area contributed by atoms with Crippen molar-refractivity contribution in [1.82, 2.24) is 0 Å². The highest BCUT2D eigenvalue weighted by Crippen LogP contribution is 2.18. The SMILES string of the molecule is CC=CC(=O)CCO[Si](CCCO)(OCC)OCC. The van der Waals surface area contributed by atoms with Crippen molar-refractivity contribution in [2.75, 3.05) is 26.4 Å². The molecule has 0 atom stereocenters. The van der Waals surface area contributed by atoms with E-state index in [1.54, 1.807) is 13.0 Å². The highest BCUT2D eigenvalue weighted by atomic mass is 28.4. The van der Waals surface area contributed by atoms with Crippen LogP contribution in [0.15, 0.2) is 12.2 Å². The smallest absolute Gasteiger partial charge is 0.396 e. The summed E-state index contributed by atoms with van der Waals surface area (Å²) >= 11 is 0. The largest absolute Gasteiger partial charge is 0.501 e. The topological polar surface area (TPSA) is 65.0 Å². The van der Waals surface area contributed by atoms with Crippen molar-refractivity contribution in [2.24, 2.45) is 0 Å². The first-order valence-electron chi connectivity index (χ1n) is 6.82. The predicted molar refractivity (Wildman–Crippen MR) is 75.9 cm³/mol. The fourth-order valence-corrected chi connectivity index (χ4v) is 4.22. The Balaban J connectivity index is 4.40. The zero-order valence-electron chi connectivity index (χ0n) is 12.2. The first-order valence-corrected chi connectivity index (χ1v) is 8.75. The average Bonchev–Trinajstić information content (AvgIpc) is 2.37. The van der Waals surface area contributed by atoms with Crippen molar-refractivity contribution < 1.29 is 23.2 Å². The summed E-state index contributed by atoms with van der Waals surface area (Å²) in [5.41, 5.74) is 0. The Bertz CT molecular complexity index is 262. The molecule has 0 radical (unpaired) electrons. The second-order valence-electron chi connectivity index (χ2n) is 3.94. The quantitative estimate of drug-likeness (QED) is 0.439. The van der Waals surface area contributed by atoms with Gasteiger partial charge in [0.25, 0.3) is 0 Å². The normalized spacial score (nSPS) is 12.2. The second kappa shape index (κ2) is 11.3. The van der Waals surface area contributed by atoms with Crippen LogP contribution in [-0.2, 0) is 18.1 Å². The van der Waals surface area contributed by atoms with E-state index in [1.165, 1.54) is 6.08 Å². The van der Waals surface area contributed by atoms with E-state index in [-0.39, 0.29) is 12.4 Å². The van der Waals surface area contributed by atoms with E-state index in [1.807, 2.05) is 13.8 Å². The highest BCUT2D eigenvalue weighted by molar-refractivity contribution is 6.60. The Labute approximate surface area is 116 Å². The molecule has 5 nitrogen and oxygen atoms in total. The lowest BCUT2D eigenvalue weighted by atomic mass is 10.3. The van der Waals surface area contributed by atoms with Gasteiger partial charge in [0.2, 0.25) is 0 Å². The Morgan fingerprint density at radius 3 is 2.32 bits per heavy atom. The monoisotopic (exact) mass is 290 g/mol. The van der Waals surface area contributed by atoms with Crippen molar-refractivity contribution in [3.8, 4) is 0 Å². The Morgan fingerprint density at radius 1 is 1.21 bits per heavy atom. The molecule has 0 bridgehead atoms. The first-order chi connectivity index (χ1) is 9.14. The van der Waals surface area contributed by atoms with Gasteiger partial charge in [0, 0.05) is 38.9 Å². The molecule has 0 spiro atoms. The number of aliphatic hydroxyl groups excluding tert-OH is 1. The second-order valence-corrected chi connectivity index (χ2v) is 6.67. The van der Waals surface area contributed by atoms with E-state index in [0.717, 1.165) is 0 Å². The maximum atomic E-state index is 11.4. The molecule has 0 saturated carbocycles. The molecule has 6 heteroatoms. The summed E-state index contributed by atoms with van der Waals surface area (Å²) in [5, 5.41) is 8.94. The summed E-state index contributed by atoms with van der Waals surface area (Å²) in [4.78, 5) is 11.4. The average molecular weight is 290 g/mol. The van der Waals surface area contributed by atoms with Crippen LogP contribution in [0.1, 0.15) is 33.6 Å². The Morgan fingerprint density at radius 2 is 1.84 bits per heavy atom. The summed E-state index contributed by atoms with van der Waals surface area (Å²) in [7, 11) is -2.74. The summed E-state index contributed by atoms with van der Waals surface area (Å²) < 4.78 is 17.1. The van der Waals surface area contributed by atoms with Crippen LogP contribution in [0.25, 0.3) is 0 Å². The standard InChI is InChI=1S/C13H26O5Si/c1-4-8-13(15)9-11-18-19(16-5-2,17-6-3)12-7-10-14/h4,8,14H,5-7,9-12H2,1-3H3. The molecule has 19 heavy (non-hydrogen) atoms. The van der Waals surface area contributed by atoms with E-state index in [9.17, 15) is 4.79 Å². The van der Waals surface area contributed by atoms with Crippen LogP contribution in [0, 0.1) is 0 Å². The van der Waals surface area contributed by atoms with Crippen LogP contribution in [0.5, 0.6) is 0 Å². The van der Waals surface area contributed by atoms with Gasteiger partial charge < -0.3 is 18.4 Å². The Kier molecular flexibility index (Phi) is 11.0. The minimum atomic E-state index is -2.74. The van der Waals surface area contributed by atoms with Crippen molar-refractivity contribution in [3.05, 3.63) is 12.2 Å². The van der Waals surface area contributed by atoms with Gasteiger partial charge in [0.05, 0.1) is 0 Å². The number of carbonyl (C=O) groups excluding carboxylic acids is 1. The van der Waals surface area contributed by atoms with Crippen LogP contribution in [-0.4, -0.2) is 46.1 Å². The van der Waals surface area contributed by atoms with Gasteiger partial charge in [-0.1, -0.05) is 6.08 Å². The van der Waals surface area contributed by atoms with Crippen molar-refractivity contribution in [3.63, 3.8) is 0 Å². The van der Waals surface area contributed by atoms with E-state index >= 15 is 0 Å². The van der Waals surface area contributed by atoms with Crippen molar-refractivity contribution in [1.29, 1.82) is 0 Å². The molecule has 0 aromatic heterocycles. The number of rotatable bonds is 12. The molecule has 0 fully saturated rings. The molecule has 0 unspecified atom stereocenters. The third-order valence-corrected chi connectivity index (χ3v) is 5.46. The maximum Gasteiger partial charge on any atom is 0.501 e. The van der Waals surface area contributed by atoms with Gasteiger partial charge in [-0.2, -0.15) is 0 Å². The van der Waals surface area contributed by atoms with Crippen LogP contribution in [0.4, 0.5) is 0 Å². The Hall–Kier alpha value is -0.533. The van der Waals surface area contributed by atoms with Gasteiger partial charge in [-0.05, 0) is 33.3 Å². The molecule has 1 N–H and O–H groups in total. The molecule has 0 amide bonds. The lowest BCUT2D eigenvalue weighted by molar-refractivity contribution is -0.115. The lowest BCUT2D eigenvalue weighted by Gasteiger charge is -2.28. The zero-order chi connectivity index (χ0) is 14.6. The molecule has 0 aromatic rings. The van der Waals surface area contributed by atoms with Gasteiger partial charge in [0.1, 0.15) is 0 Å². The summed E-state index contributed by atoms with van der Waals surface area (Å²) in [6, 6.07) is 0.572. The van der Waals surface area contributed by atoms with Crippen LogP contribution in [0.2, 0.25) is 6.04 Å². The van der Waals surface area contributed by atoms with E-state index in [4.69, 9.17) is 18.4 Å². The minimum absolute atomic E-state index is 0.0283. The van der Waals surface area contributed by atoms with Gasteiger partial charge in [-0.15, -0.1) is 0 Å². The number of hydrogen-bond acceptors (Lipinski definition) is 5. The van der Waals surface area contributed by atoms with Gasteiger partial charge >= 0.3 is 8.80 Å². The maximum absolute atomic E-state index is 11.4. The van der Waals surface area contributed by atoms with E-state index < -0.39 is 8.80 Å². The van der Waals surface area contributed by atoms with E-state index in [0.29, 0.717) is 38.7 Å². The van der Waals surface area contributed by atoms with Gasteiger partial charge in [-0.3, -0.25) is 4.79 Å².